The maximum atomic E-state index is 13.1. The SMILES string of the molecule is COC(=O)c1cnc(Cl)c2ccc(F)cc12. The van der Waals surface area contributed by atoms with Gasteiger partial charge in [0.1, 0.15) is 11.0 Å². The van der Waals surface area contributed by atoms with Crippen molar-refractivity contribution < 1.29 is 13.9 Å². The standard InChI is InChI=1S/C11H7ClFNO2/c1-16-11(15)9-5-14-10(12)7-3-2-6(13)4-8(7)9/h2-5H,1H3. The molecule has 0 aliphatic carbocycles. The van der Waals surface area contributed by atoms with Gasteiger partial charge in [-0.3, -0.25) is 0 Å². The van der Waals surface area contributed by atoms with Crippen molar-refractivity contribution in [3.63, 3.8) is 0 Å². The molecule has 0 unspecified atom stereocenters. The highest BCUT2D eigenvalue weighted by Gasteiger charge is 2.13. The summed E-state index contributed by atoms with van der Waals surface area (Å²) < 4.78 is 17.7. The van der Waals surface area contributed by atoms with Gasteiger partial charge >= 0.3 is 5.97 Å². The van der Waals surface area contributed by atoms with Crippen LogP contribution in [0.25, 0.3) is 10.8 Å². The minimum Gasteiger partial charge on any atom is -0.465 e. The first-order valence-electron chi connectivity index (χ1n) is 4.45. The van der Waals surface area contributed by atoms with Gasteiger partial charge < -0.3 is 4.74 Å². The lowest BCUT2D eigenvalue weighted by atomic mass is 10.1. The summed E-state index contributed by atoms with van der Waals surface area (Å²) in [6.07, 6.45) is 1.27. The molecule has 0 spiro atoms. The molecule has 16 heavy (non-hydrogen) atoms. The Bertz CT molecular complexity index is 571. The van der Waals surface area contributed by atoms with Gasteiger partial charge in [-0.1, -0.05) is 11.6 Å². The summed E-state index contributed by atoms with van der Waals surface area (Å²) in [4.78, 5) is 15.3. The fourth-order valence-electron chi connectivity index (χ4n) is 1.45. The van der Waals surface area contributed by atoms with Crippen LogP contribution in [0.15, 0.2) is 24.4 Å². The Morgan fingerprint density at radius 3 is 2.88 bits per heavy atom. The predicted molar refractivity (Wildman–Crippen MR) is 58.1 cm³/mol. The van der Waals surface area contributed by atoms with E-state index < -0.39 is 11.8 Å². The van der Waals surface area contributed by atoms with Crippen LogP contribution in [0, 0.1) is 5.82 Å². The molecule has 0 saturated heterocycles. The minimum absolute atomic E-state index is 0.196. The van der Waals surface area contributed by atoms with E-state index in [1.807, 2.05) is 0 Å². The first-order valence-corrected chi connectivity index (χ1v) is 4.83. The Hall–Kier alpha value is -1.68. The molecule has 1 aromatic heterocycles. The maximum absolute atomic E-state index is 13.1. The lowest BCUT2D eigenvalue weighted by Crippen LogP contribution is -2.03. The van der Waals surface area contributed by atoms with Crippen LogP contribution in [0.4, 0.5) is 4.39 Å². The van der Waals surface area contributed by atoms with Crippen molar-refractivity contribution >= 4 is 28.3 Å². The topological polar surface area (TPSA) is 39.2 Å². The Morgan fingerprint density at radius 2 is 2.19 bits per heavy atom. The van der Waals surface area contributed by atoms with E-state index in [0.29, 0.717) is 10.8 Å². The lowest BCUT2D eigenvalue weighted by molar-refractivity contribution is 0.0602. The zero-order valence-electron chi connectivity index (χ0n) is 8.33. The molecule has 2 aromatic rings. The highest BCUT2D eigenvalue weighted by Crippen LogP contribution is 2.25. The largest absolute Gasteiger partial charge is 0.465 e. The van der Waals surface area contributed by atoms with E-state index in [4.69, 9.17) is 11.6 Å². The smallest absolute Gasteiger partial charge is 0.340 e. The number of carbonyl (C=O) groups excluding carboxylic acids is 1. The molecule has 0 N–H and O–H groups in total. The van der Waals surface area contributed by atoms with E-state index >= 15 is 0 Å². The molecule has 0 aliphatic heterocycles. The van der Waals surface area contributed by atoms with Gasteiger partial charge in [-0.15, -0.1) is 0 Å². The number of benzene rings is 1. The van der Waals surface area contributed by atoms with Crippen molar-refractivity contribution in [2.24, 2.45) is 0 Å². The highest BCUT2D eigenvalue weighted by molar-refractivity contribution is 6.34. The van der Waals surface area contributed by atoms with E-state index in [9.17, 15) is 9.18 Å². The van der Waals surface area contributed by atoms with Crippen LogP contribution < -0.4 is 0 Å². The Labute approximate surface area is 95.8 Å². The minimum atomic E-state index is -0.570. The molecule has 0 fully saturated rings. The molecular weight excluding hydrogens is 233 g/mol. The normalized spacial score (nSPS) is 10.4. The molecule has 0 aliphatic rings. The zero-order valence-corrected chi connectivity index (χ0v) is 9.08. The molecule has 5 heteroatoms. The molecular formula is C11H7ClFNO2. The molecule has 1 aromatic carbocycles. The van der Waals surface area contributed by atoms with Crippen molar-refractivity contribution in [1.82, 2.24) is 4.98 Å². The second-order valence-corrected chi connectivity index (χ2v) is 3.50. The number of methoxy groups -OCH3 is 1. The van der Waals surface area contributed by atoms with Gasteiger partial charge in [-0.25, -0.2) is 14.2 Å². The van der Waals surface area contributed by atoms with E-state index in [1.165, 1.54) is 31.5 Å². The fourth-order valence-corrected chi connectivity index (χ4v) is 1.67. The number of esters is 1. The fraction of sp³-hybridized carbons (Fsp3) is 0.0909. The van der Waals surface area contributed by atoms with E-state index in [0.717, 1.165) is 0 Å². The van der Waals surface area contributed by atoms with Crippen molar-refractivity contribution in [1.29, 1.82) is 0 Å². The average molecular weight is 240 g/mol. The van der Waals surface area contributed by atoms with E-state index in [-0.39, 0.29) is 10.7 Å². The number of halogens is 2. The Morgan fingerprint density at radius 1 is 1.44 bits per heavy atom. The van der Waals surface area contributed by atoms with Gasteiger partial charge in [0.05, 0.1) is 12.7 Å². The molecule has 1 heterocycles. The zero-order chi connectivity index (χ0) is 11.7. The second-order valence-electron chi connectivity index (χ2n) is 3.14. The van der Waals surface area contributed by atoms with Gasteiger partial charge in [0.2, 0.25) is 0 Å². The van der Waals surface area contributed by atoms with E-state index in [2.05, 4.69) is 9.72 Å². The summed E-state index contributed by atoms with van der Waals surface area (Å²) in [5.41, 5.74) is 0.196. The summed E-state index contributed by atoms with van der Waals surface area (Å²) in [5, 5.41) is 1.14. The number of rotatable bonds is 1. The molecule has 0 saturated carbocycles. The van der Waals surface area contributed by atoms with Crippen LogP contribution in [-0.2, 0) is 4.74 Å². The van der Waals surface area contributed by atoms with Crippen LogP contribution in [0.5, 0.6) is 0 Å². The van der Waals surface area contributed by atoms with Crippen LogP contribution in [0.2, 0.25) is 5.15 Å². The number of hydrogen-bond acceptors (Lipinski definition) is 3. The molecule has 2 rings (SSSR count). The number of nitrogens with zero attached hydrogens (tertiary/aromatic N) is 1. The summed E-state index contributed by atoms with van der Waals surface area (Å²) in [6.45, 7) is 0. The van der Waals surface area contributed by atoms with Gasteiger partial charge in [0.25, 0.3) is 0 Å². The highest BCUT2D eigenvalue weighted by atomic mass is 35.5. The van der Waals surface area contributed by atoms with Crippen LogP contribution >= 0.6 is 11.6 Å². The Balaban J connectivity index is 2.80. The maximum Gasteiger partial charge on any atom is 0.340 e. The summed E-state index contributed by atoms with van der Waals surface area (Å²) >= 11 is 5.84. The molecule has 0 amide bonds. The molecule has 0 atom stereocenters. The number of pyridine rings is 1. The Kier molecular flexibility index (Phi) is 2.75. The van der Waals surface area contributed by atoms with Gasteiger partial charge in [0.15, 0.2) is 0 Å². The molecule has 3 nitrogen and oxygen atoms in total. The third-order valence-corrected chi connectivity index (χ3v) is 2.51. The van der Waals surface area contributed by atoms with Crippen molar-refractivity contribution in [3.8, 4) is 0 Å². The first kappa shape index (κ1) is 10.8. The van der Waals surface area contributed by atoms with Crippen molar-refractivity contribution in [2.45, 2.75) is 0 Å². The van der Waals surface area contributed by atoms with Gasteiger partial charge in [0, 0.05) is 17.0 Å². The van der Waals surface area contributed by atoms with Gasteiger partial charge in [-0.2, -0.15) is 0 Å². The monoisotopic (exact) mass is 239 g/mol. The second kappa shape index (κ2) is 4.06. The van der Waals surface area contributed by atoms with Crippen molar-refractivity contribution in [3.05, 3.63) is 40.9 Å². The average Bonchev–Trinajstić information content (AvgIpc) is 2.28. The summed E-state index contributed by atoms with van der Waals surface area (Å²) in [6, 6.07) is 3.97. The number of hydrogen-bond donors (Lipinski definition) is 0. The summed E-state index contributed by atoms with van der Waals surface area (Å²) in [7, 11) is 1.25. The number of fused-ring (bicyclic) bond motifs is 1. The van der Waals surface area contributed by atoms with Gasteiger partial charge in [-0.05, 0) is 18.2 Å². The molecule has 0 bridgehead atoms. The summed E-state index contributed by atoms with van der Waals surface area (Å²) in [5.74, 6) is -1.01. The van der Waals surface area contributed by atoms with Crippen LogP contribution in [0.1, 0.15) is 10.4 Å². The molecule has 0 radical (unpaired) electrons. The lowest BCUT2D eigenvalue weighted by Gasteiger charge is -2.05. The third-order valence-electron chi connectivity index (χ3n) is 2.21. The third kappa shape index (κ3) is 1.72. The number of ether oxygens (including phenoxy) is 1. The van der Waals surface area contributed by atoms with E-state index in [1.54, 1.807) is 0 Å². The number of aromatic nitrogens is 1. The van der Waals surface area contributed by atoms with Crippen LogP contribution in [-0.4, -0.2) is 18.1 Å². The molecule has 82 valence electrons. The first-order chi connectivity index (χ1) is 7.63. The quantitative estimate of drug-likeness (QED) is 0.567. The predicted octanol–water partition coefficient (Wildman–Crippen LogP) is 2.81. The van der Waals surface area contributed by atoms with Crippen molar-refractivity contribution in [2.75, 3.05) is 7.11 Å². The number of carbonyl (C=O) groups is 1. The van der Waals surface area contributed by atoms with Crippen LogP contribution in [0.3, 0.4) is 0 Å².